The Balaban J connectivity index is 2.27. The Morgan fingerprint density at radius 1 is 1.24 bits per heavy atom. The maximum atomic E-state index is 12.4. The van der Waals surface area contributed by atoms with Crippen LogP contribution in [0.3, 0.4) is 0 Å². The van der Waals surface area contributed by atoms with Crippen LogP contribution in [-0.4, -0.2) is 20.2 Å². The van der Waals surface area contributed by atoms with Gasteiger partial charge in [-0.25, -0.2) is 4.98 Å². The zero-order valence-corrected chi connectivity index (χ0v) is 12.5. The van der Waals surface area contributed by atoms with Gasteiger partial charge in [0, 0.05) is 25.3 Å². The van der Waals surface area contributed by atoms with Gasteiger partial charge in [0.05, 0.1) is 10.5 Å². The third kappa shape index (κ3) is 2.38. The van der Waals surface area contributed by atoms with E-state index in [2.05, 4.69) is 4.98 Å². The predicted octanol–water partition coefficient (Wildman–Crippen LogP) is 1.19. The average molecular weight is 309 g/mol. The normalized spacial score (nSPS) is 22.6. The molecule has 2 aromatic rings. The number of nitrogens with two attached hydrogens (primary N) is 1. The Labute approximate surface area is 126 Å². The van der Waals surface area contributed by atoms with E-state index in [1.54, 1.807) is 13.1 Å². The molecule has 0 bridgehead atoms. The quantitative estimate of drug-likeness (QED) is 0.802. The molecule has 1 saturated carbocycles. The maximum Gasteiger partial charge on any atom is 0.318 e. The Morgan fingerprint density at radius 3 is 2.57 bits per heavy atom. The fourth-order valence-electron chi connectivity index (χ4n) is 3.00. The smallest absolute Gasteiger partial charge is 0.318 e. The molecule has 0 radical (unpaired) electrons. The molecule has 0 aliphatic heterocycles. The molecular weight excluding hydrogens is 292 g/mol. The number of nitrogens with zero attached hydrogens (tertiary/aromatic N) is 3. The van der Waals surface area contributed by atoms with E-state index in [0.717, 1.165) is 25.7 Å². The van der Waals surface area contributed by atoms with Gasteiger partial charge >= 0.3 is 11.1 Å². The van der Waals surface area contributed by atoms with Gasteiger partial charge in [-0.05, 0) is 31.7 Å². The van der Waals surface area contributed by atoms with Gasteiger partial charge in [0.15, 0.2) is 5.65 Å². The molecule has 7 heteroatoms. The molecular formula is C14H17ClN4O2. The molecule has 0 spiro atoms. The number of hydrogen-bond acceptors (Lipinski definition) is 4. The minimum atomic E-state index is -0.554. The third-order valence-corrected chi connectivity index (χ3v) is 4.42. The number of fused-ring (bicyclic) bond motifs is 1. The van der Waals surface area contributed by atoms with E-state index in [0.29, 0.717) is 16.2 Å². The van der Waals surface area contributed by atoms with Crippen molar-refractivity contribution >= 4 is 22.8 Å². The van der Waals surface area contributed by atoms with Gasteiger partial charge in [0.25, 0.3) is 0 Å². The summed E-state index contributed by atoms with van der Waals surface area (Å²) in [5.74, 6) is 0. The molecule has 0 aromatic carbocycles. The van der Waals surface area contributed by atoms with Crippen molar-refractivity contribution in [2.24, 2.45) is 12.8 Å². The van der Waals surface area contributed by atoms with Crippen LogP contribution in [-0.2, 0) is 7.05 Å². The second-order valence-corrected chi connectivity index (χ2v) is 6.04. The fraction of sp³-hybridized carbons (Fsp3) is 0.500. The number of rotatable bonds is 1. The summed E-state index contributed by atoms with van der Waals surface area (Å²) < 4.78 is 2.83. The molecule has 1 aliphatic carbocycles. The summed E-state index contributed by atoms with van der Waals surface area (Å²) in [7, 11) is 1.56. The van der Waals surface area contributed by atoms with Crippen molar-refractivity contribution in [3.05, 3.63) is 38.0 Å². The number of aryl methyl sites for hydroxylation is 1. The molecule has 3 rings (SSSR count). The molecule has 2 N–H and O–H groups in total. The minimum absolute atomic E-state index is 0.0256. The van der Waals surface area contributed by atoms with E-state index >= 15 is 0 Å². The SMILES string of the molecule is Cn1c(=O)c(=O)n(C2CCC(N)CC2)c2ncc(Cl)cc21. The van der Waals surface area contributed by atoms with Crippen LogP contribution in [0.2, 0.25) is 5.02 Å². The Hall–Kier alpha value is -1.66. The molecule has 0 saturated heterocycles. The monoisotopic (exact) mass is 308 g/mol. The molecule has 1 aliphatic rings. The van der Waals surface area contributed by atoms with Crippen LogP contribution < -0.4 is 16.9 Å². The topological polar surface area (TPSA) is 82.9 Å². The summed E-state index contributed by atoms with van der Waals surface area (Å²) in [5.41, 5.74) is 5.91. The highest BCUT2D eigenvalue weighted by Gasteiger charge is 2.24. The second kappa shape index (κ2) is 5.27. The van der Waals surface area contributed by atoms with E-state index in [1.165, 1.54) is 15.3 Å². The van der Waals surface area contributed by atoms with Crippen LogP contribution in [0, 0.1) is 0 Å². The Bertz CT molecular complexity index is 803. The summed E-state index contributed by atoms with van der Waals surface area (Å²) in [6.45, 7) is 0. The molecule has 21 heavy (non-hydrogen) atoms. The zero-order valence-electron chi connectivity index (χ0n) is 11.8. The molecule has 0 atom stereocenters. The Kier molecular flexibility index (Phi) is 3.59. The van der Waals surface area contributed by atoms with Crippen molar-refractivity contribution in [1.29, 1.82) is 0 Å². The van der Waals surface area contributed by atoms with Crippen molar-refractivity contribution in [1.82, 2.24) is 14.1 Å². The highest BCUT2D eigenvalue weighted by Crippen LogP contribution is 2.28. The highest BCUT2D eigenvalue weighted by molar-refractivity contribution is 6.31. The lowest BCUT2D eigenvalue weighted by Crippen LogP contribution is -2.43. The van der Waals surface area contributed by atoms with Gasteiger partial charge in [0.2, 0.25) is 0 Å². The van der Waals surface area contributed by atoms with Crippen LogP contribution in [0.15, 0.2) is 21.9 Å². The number of halogens is 1. The average Bonchev–Trinajstić information content (AvgIpc) is 2.48. The molecule has 1 fully saturated rings. The summed E-state index contributed by atoms with van der Waals surface area (Å²) in [6, 6.07) is 1.81. The molecule has 112 valence electrons. The number of pyridine rings is 1. The summed E-state index contributed by atoms with van der Waals surface area (Å²) >= 11 is 5.96. The van der Waals surface area contributed by atoms with Gasteiger partial charge in [-0.1, -0.05) is 11.6 Å². The van der Waals surface area contributed by atoms with E-state index in [1.807, 2.05) is 0 Å². The molecule has 0 amide bonds. The van der Waals surface area contributed by atoms with Crippen LogP contribution in [0.1, 0.15) is 31.7 Å². The second-order valence-electron chi connectivity index (χ2n) is 5.60. The van der Waals surface area contributed by atoms with Crippen molar-refractivity contribution < 1.29 is 0 Å². The van der Waals surface area contributed by atoms with E-state index in [4.69, 9.17) is 17.3 Å². The molecule has 2 aromatic heterocycles. The summed E-state index contributed by atoms with van der Waals surface area (Å²) in [5, 5.41) is 0.438. The van der Waals surface area contributed by atoms with Crippen molar-refractivity contribution in [3.8, 4) is 0 Å². The van der Waals surface area contributed by atoms with Gasteiger partial charge in [-0.3, -0.25) is 14.2 Å². The van der Waals surface area contributed by atoms with Crippen LogP contribution in [0.5, 0.6) is 0 Å². The first-order chi connectivity index (χ1) is 9.99. The Morgan fingerprint density at radius 2 is 1.90 bits per heavy atom. The molecule has 6 nitrogen and oxygen atoms in total. The number of aromatic nitrogens is 3. The number of hydrogen-bond donors (Lipinski definition) is 1. The maximum absolute atomic E-state index is 12.4. The standard InChI is InChI=1S/C14H17ClN4O2/c1-18-11-6-8(15)7-17-12(11)19(14(21)13(18)20)10-4-2-9(16)3-5-10/h6-7,9-10H,2-5,16H2,1H3. The largest absolute Gasteiger partial charge is 0.328 e. The molecule has 0 unspecified atom stereocenters. The fourth-order valence-corrected chi connectivity index (χ4v) is 3.16. The third-order valence-electron chi connectivity index (χ3n) is 4.22. The lowest BCUT2D eigenvalue weighted by molar-refractivity contribution is 0.321. The van der Waals surface area contributed by atoms with Crippen LogP contribution in [0.25, 0.3) is 11.2 Å². The lowest BCUT2D eigenvalue weighted by Gasteiger charge is -2.28. The predicted molar refractivity (Wildman–Crippen MR) is 81.7 cm³/mol. The first-order valence-corrected chi connectivity index (χ1v) is 7.39. The van der Waals surface area contributed by atoms with Gasteiger partial charge < -0.3 is 10.3 Å². The first-order valence-electron chi connectivity index (χ1n) is 7.01. The van der Waals surface area contributed by atoms with Gasteiger partial charge in [-0.2, -0.15) is 0 Å². The van der Waals surface area contributed by atoms with Crippen molar-refractivity contribution in [2.75, 3.05) is 0 Å². The minimum Gasteiger partial charge on any atom is -0.328 e. The first kappa shape index (κ1) is 14.3. The van der Waals surface area contributed by atoms with E-state index in [-0.39, 0.29) is 12.1 Å². The summed E-state index contributed by atoms with van der Waals surface area (Å²) in [6.07, 6.45) is 4.77. The van der Waals surface area contributed by atoms with E-state index in [9.17, 15) is 9.59 Å². The van der Waals surface area contributed by atoms with Crippen LogP contribution in [0.4, 0.5) is 0 Å². The molecule has 2 heterocycles. The highest BCUT2D eigenvalue weighted by atomic mass is 35.5. The lowest BCUT2D eigenvalue weighted by atomic mass is 9.91. The zero-order chi connectivity index (χ0) is 15.1. The van der Waals surface area contributed by atoms with E-state index < -0.39 is 11.1 Å². The van der Waals surface area contributed by atoms with Gasteiger partial charge in [-0.15, -0.1) is 0 Å². The van der Waals surface area contributed by atoms with Crippen LogP contribution >= 0.6 is 11.6 Å². The van der Waals surface area contributed by atoms with Crippen molar-refractivity contribution in [2.45, 2.75) is 37.8 Å². The van der Waals surface area contributed by atoms with Gasteiger partial charge in [0.1, 0.15) is 0 Å². The van der Waals surface area contributed by atoms with Crippen molar-refractivity contribution in [3.63, 3.8) is 0 Å². The summed E-state index contributed by atoms with van der Waals surface area (Å²) in [4.78, 5) is 28.8.